The van der Waals surface area contributed by atoms with Gasteiger partial charge in [-0.1, -0.05) is 18.2 Å². The van der Waals surface area contributed by atoms with Gasteiger partial charge >= 0.3 is 5.97 Å². The van der Waals surface area contributed by atoms with E-state index in [0.29, 0.717) is 18.8 Å². The van der Waals surface area contributed by atoms with Gasteiger partial charge < -0.3 is 9.64 Å². The number of rotatable bonds is 6. The minimum atomic E-state index is -0.520. The average molecular weight is 341 g/mol. The van der Waals surface area contributed by atoms with Crippen molar-refractivity contribution in [3.63, 3.8) is 0 Å². The van der Waals surface area contributed by atoms with Crippen LogP contribution in [0.25, 0.3) is 5.69 Å². The van der Waals surface area contributed by atoms with E-state index in [4.69, 9.17) is 4.74 Å². The van der Waals surface area contributed by atoms with Gasteiger partial charge in [-0.15, -0.1) is 0 Å². The second-order valence-electron chi connectivity index (χ2n) is 6.02. The van der Waals surface area contributed by atoms with Gasteiger partial charge in [0.15, 0.2) is 12.3 Å². The Hall–Kier alpha value is -2.63. The summed E-state index contributed by atoms with van der Waals surface area (Å²) in [5.41, 5.74) is 3.28. The molecule has 0 aliphatic heterocycles. The molecule has 0 atom stereocenters. The number of carbonyl (C=O) groups is 2. The summed E-state index contributed by atoms with van der Waals surface area (Å²) in [6, 6.07) is 9.76. The second kappa shape index (κ2) is 7.51. The number of fused-ring (bicyclic) bond motifs is 1. The van der Waals surface area contributed by atoms with Crippen molar-refractivity contribution in [1.82, 2.24) is 14.7 Å². The standard InChI is InChI=1S/C19H23N3O3/c1-3-21(4-2)17(23)13-25-19(24)18-15-11-8-12-16(15)22(20-18)14-9-6-5-7-10-14/h5-7,9-10H,3-4,8,11-13H2,1-2H3. The quantitative estimate of drug-likeness (QED) is 0.757. The lowest BCUT2D eigenvalue weighted by Gasteiger charge is -2.18. The Balaban J connectivity index is 1.79. The lowest BCUT2D eigenvalue weighted by Crippen LogP contribution is -2.34. The Labute approximate surface area is 147 Å². The Morgan fingerprint density at radius 1 is 1.16 bits per heavy atom. The number of para-hydroxylation sites is 1. The SMILES string of the molecule is CCN(CC)C(=O)COC(=O)c1nn(-c2ccccc2)c2c1CCC2. The van der Waals surface area contributed by atoms with Crippen LogP contribution in [0.2, 0.25) is 0 Å². The molecule has 1 aliphatic carbocycles. The monoisotopic (exact) mass is 341 g/mol. The minimum absolute atomic E-state index is 0.183. The van der Waals surface area contributed by atoms with E-state index in [0.717, 1.165) is 36.2 Å². The Morgan fingerprint density at radius 2 is 1.88 bits per heavy atom. The number of esters is 1. The van der Waals surface area contributed by atoms with Crippen molar-refractivity contribution < 1.29 is 14.3 Å². The smallest absolute Gasteiger partial charge is 0.359 e. The van der Waals surface area contributed by atoms with Crippen molar-refractivity contribution in [2.24, 2.45) is 0 Å². The molecule has 0 saturated carbocycles. The van der Waals surface area contributed by atoms with Crippen LogP contribution in [0.15, 0.2) is 30.3 Å². The number of aromatic nitrogens is 2. The van der Waals surface area contributed by atoms with Crippen LogP contribution in [-0.2, 0) is 22.4 Å². The van der Waals surface area contributed by atoms with Crippen molar-refractivity contribution in [3.8, 4) is 5.69 Å². The predicted octanol–water partition coefficient (Wildman–Crippen LogP) is 2.39. The fraction of sp³-hybridized carbons (Fsp3) is 0.421. The van der Waals surface area contributed by atoms with Gasteiger partial charge in [0.2, 0.25) is 0 Å². The zero-order valence-electron chi connectivity index (χ0n) is 14.7. The number of hydrogen-bond donors (Lipinski definition) is 0. The third kappa shape index (κ3) is 3.43. The van der Waals surface area contributed by atoms with Gasteiger partial charge in [0, 0.05) is 24.3 Å². The van der Waals surface area contributed by atoms with E-state index in [-0.39, 0.29) is 12.5 Å². The van der Waals surface area contributed by atoms with Crippen molar-refractivity contribution in [2.45, 2.75) is 33.1 Å². The van der Waals surface area contributed by atoms with E-state index in [1.54, 1.807) is 4.90 Å². The van der Waals surface area contributed by atoms with E-state index < -0.39 is 5.97 Å². The Bertz CT molecular complexity index is 764. The largest absolute Gasteiger partial charge is 0.451 e. The van der Waals surface area contributed by atoms with Crippen LogP contribution in [0, 0.1) is 0 Å². The Kier molecular flexibility index (Phi) is 5.16. The molecule has 1 amide bonds. The normalized spacial score (nSPS) is 12.7. The molecule has 1 heterocycles. The first-order valence-electron chi connectivity index (χ1n) is 8.76. The summed E-state index contributed by atoms with van der Waals surface area (Å²) in [7, 11) is 0. The van der Waals surface area contributed by atoms with Gasteiger partial charge in [0.05, 0.1) is 5.69 Å². The lowest BCUT2D eigenvalue weighted by molar-refractivity contribution is -0.134. The number of amides is 1. The first kappa shape index (κ1) is 17.2. The summed E-state index contributed by atoms with van der Waals surface area (Å²) in [5.74, 6) is -0.703. The molecule has 0 bridgehead atoms. The average Bonchev–Trinajstić information content (AvgIpc) is 3.24. The molecule has 132 valence electrons. The predicted molar refractivity (Wildman–Crippen MR) is 93.8 cm³/mol. The molecule has 0 N–H and O–H groups in total. The zero-order chi connectivity index (χ0) is 17.8. The number of benzene rings is 1. The molecule has 0 radical (unpaired) electrons. The highest BCUT2D eigenvalue weighted by molar-refractivity contribution is 5.91. The van der Waals surface area contributed by atoms with Gasteiger partial charge in [0.25, 0.3) is 5.91 Å². The van der Waals surface area contributed by atoms with Gasteiger partial charge in [0.1, 0.15) is 0 Å². The van der Waals surface area contributed by atoms with Crippen molar-refractivity contribution in [3.05, 3.63) is 47.3 Å². The third-order valence-corrected chi connectivity index (χ3v) is 4.57. The van der Waals surface area contributed by atoms with Crippen molar-refractivity contribution in [2.75, 3.05) is 19.7 Å². The fourth-order valence-corrected chi connectivity index (χ4v) is 3.25. The molecule has 0 spiro atoms. The summed E-state index contributed by atoms with van der Waals surface area (Å²) in [5, 5.41) is 4.48. The van der Waals surface area contributed by atoms with Crippen molar-refractivity contribution >= 4 is 11.9 Å². The topological polar surface area (TPSA) is 64.4 Å². The number of ether oxygens (including phenoxy) is 1. The first-order valence-corrected chi connectivity index (χ1v) is 8.76. The van der Waals surface area contributed by atoms with E-state index in [9.17, 15) is 9.59 Å². The highest BCUT2D eigenvalue weighted by atomic mass is 16.5. The van der Waals surface area contributed by atoms with Crippen LogP contribution in [0.3, 0.4) is 0 Å². The zero-order valence-corrected chi connectivity index (χ0v) is 14.7. The molecular formula is C19H23N3O3. The van der Waals surface area contributed by atoms with Crippen LogP contribution in [-0.4, -0.2) is 46.3 Å². The van der Waals surface area contributed by atoms with Gasteiger partial charge in [-0.25, -0.2) is 9.48 Å². The number of carbonyl (C=O) groups excluding carboxylic acids is 2. The van der Waals surface area contributed by atoms with E-state index in [2.05, 4.69) is 5.10 Å². The maximum absolute atomic E-state index is 12.5. The summed E-state index contributed by atoms with van der Waals surface area (Å²) < 4.78 is 7.07. The number of nitrogens with zero attached hydrogens (tertiary/aromatic N) is 3. The van der Waals surface area contributed by atoms with Crippen LogP contribution in [0.1, 0.15) is 42.0 Å². The fourth-order valence-electron chi connectivity index (χ4n) is 3.25. The molecule has 3 rings (SSSR count). The first-order chi connectivity index (χ1) is 12.2. The molecule has 0 unspecified atom stereocenters. The highest BCUT2D eigenvalue weighted by Gasteiger charge is 2.28. The summed E-state index contributed by atoms with van der Waals surface area (Å²) in [6.45, 7) is 4.76. The van der Waals surface area contributed by atoms with E-state index >= 15 is 0 Å². The lowest BCUT2D eigenvalue weighted by atomic mass is 10.2. The maximum Gasteiger partial charge on any atom is 0.359 e. The van der Waals surface area contributed by atoms with Crippen LogP contribution >= 0.6 is 0 Å². The second-order valence-corrected chi connectivity index (χ2v) is 6.02. The molecule has 6 heteroatoms. The molecule has 0 saturated heterocycles. The molecule has 1 aliphatic rings. The van der Waals surface area contributed by atoms with Crippen LogP contribution in [0.4, 0.5) is 0 Å². The van der Waals surface area contributed by atoms with Crippen molar-refractivity contribution in [1.29, 1.82) is 0 Å². The molecule has 1 aromatic heterocycles. The summed E-state index contributed by atoms with van der Waals surface area (Å²) in [6.07, 6.45) is 2.71. The molecular weight excluding hydrogens is 318 g/mol. The van der Waals surface area contributed by atoms with E-state index in [1.165, 1.54) is 0 Å². The van der Waals surface area contributed by atoms with Crippen LogP contribution < -0.4 is 0 Å². The van der Waals surface area contributed by atoms with E-state index in [1.807, 2.05) is 48.9 Å². The highest BCUT2D eigenvalue weighted by Crippen LogP contribution is 2.28. The number of likely N-dealkylation sites (N-methyl/N-ethyl adjacent to an activating group) is 1. The van der Waals surface area contributed by atoms with Gasteiger partial charge in [-0.2, -0.15) is 5.10 Å². The van der Waals surface area contributed by atoms with Gasteiger partial charge in [-0.3, -0.25) is 4.79 Å². The summed E-state index contributed by atoms with van der Waals surface area (Å²) >= 11 is 0. The number of hydrogen-bond acceptors (Lipinski definition) is 4. The summed E-state index contributed by atoms with van der Waals surface area (Å²) in [4.78, 5) is 26.1. The maximum atomic E-state index is 12.5. The molecule has 25 heavy (non-hydrogen) atoms. The molecule has 6 nitrogen and oxygen atoms in total. The molecule has 1 aromatic carbocycles. The Morgan fingerprint density at radius 3 is 2.56 bits per heavy atom. The minimum Gasteiger partial charge on any atom is -0.451 e. The third-order valence-electron chi connectivity index (χ3n) is 4.57. The van der Waals surface area contributed by atoms with Crippen LogP contribution in [0.5, 0.6) is 0 Å². The molecule has 2 aromatic rings. The molecule has 0 fully saturated rings. The van der Waals surface area contributed by atoms with Gasteiger partial charge in [-0.05, 0) is 45.2 Å².